The number of amidine groups is 2. The Morgan fingerprint density at radius 3 is 2.96 bits per heavy atom. The molecule has 1 saturated heterocycles. The number of carbonyl (C=O) groups is 2. The number of likely N-dealkylation sites (tertiary alicyclic amines) is 1. The molecule has 9 nitrogen and oxygen atoms in total. The first-order valence-corrected chi connectivity index (χ1v) is 8.57. The summed E-state index contributed by atoms with van der Waals surface area (Å²) < 4.78 is 0.799. The van der Waals surface area contributed by atoms with Crippen LogP contribution < -0.4 is 4.90 Å². The average molecular weight is 407 g/mol. The normalized spacial score (nSPS) is 21.7. The van der Waals surface area contributed by atoms with Gasteiger partial charge in [0, 0.05) is 30.8 Å². The van der Waals surface area contributed by atoms with Crippen molar-refractivity contribution in [2.45, 2.75) is 12.5 Å². The molecule has 3 aliphatic rings. The van der Waals surface area contributed by atoms with E-state index in [1.54, 1.807) is 13.2 Å². The lowest BCUT2D eigenvalue weighted by molar-refractivity contribution is -0.115. The number of pyridine rings is 1. The van der Waals surface area contributed by atoms with Gasteiger partial charge in [-0.15, -0.1) is 0 Å². The fourth-order valence-electron chi connectivity index (χ4n) is 3.27. The Morgan fingerprint density at radius 2 is 2.20 bits per heavy atom. The molecular formula is C15H15BrN6O3. The second-order valence-electron chi connectivity index (χ2n) is 6.13. The van der Waals surface area contributed by atoms with Crippen LogP contribution in [0.4, 0.5) is 16.3 Å². The van der Waals surface area contributed by atoms with Crippen LogP contribution in [0.3, 0.4) is 0 Å². The first kappa shape index (κ1) is 16.0. The van der Waals surface area contributed by atoms with Crippen molar-refractivity contribution in [2.24, 2.45) is 9.98 Å². The van der Waals surface area contributed by atoms with E-state index in [1.165, 1.54) is 4.90 Å². The Morgan fingerprint density at radius 1 is 1.40 bits per heavy atom. The molecule has 3 aliphatic heterocycles. The van der Waals surface area contributed by atoms with Crippen LogP contribution in [-0.2, 0) is 4.79 Å². The molecule has 0 aliphatic carbocycles. The van der Waals surface area contributed by atoms with Gasteiger partial charge in [0.1, 0.15) is 6.54 Å². The lowest BCUT2D eigenvalue weighted by atomic mass is 10.2. The Bertz CT molecular complexity index is 839. The molecule has 4 rings (SSSR count). The summed E-state index contributed by atoms with van der Waals surface area (Å²) in [5, 5.41) is 9.17. The van der Waals surface area contributed by atoms with Crippen LogP contribution >= 0.6 is 15.9 Å². The lowest BCUT2D eigenvalue weighted by Gasteiger charge is -2.31. The van der Waals surface area contributed by atoms with Crippen molar-refractivity contribution in [3.8, 4) is 0 Å². The second kappa shape index (κ2) is 5.80. The molecule has 1 atom stereocenters. The van der Waals surface area contributed by atoms with Gasteiger partial charge in [-0.05, 0) is 28.4 Å². The van der Waals surface area contributed by atoms with Gasteiger partial charge < -0.3 is 19.8 Å². The van der Waals surface area contributed by atoms with Crippen LogP contribution in [0.1, 0.15) is 6.42 Å². The molecule has 1 fully saturated rings. The first-order chi connectivity index (χ1) is 11.9. The van der Waals surface area contributed by atoms with Crippen molar-refractivity contribution < 1.29 is 14.7 Å². The highest BCUT2D eigenvalue weighted by atomic mass is 79.9. The summed E-state index contributed by atoms with van der Waals surface area (Å²) >= 11 is 3.39. The summed E-state index contributed by atoms with van der Waals surface area (Å²) in [6.45, 7) is 1.31. The van der Waals surface area contributed by atoms with Crippen LogP contribution in [-0.4, -0.2) is 76.3 Å². The summed E-state index contributed by atoms with van der Waals surface area (Å²) in [5.74, 6) is 1.39. The van der Waals surface area contributed by atoms with Crippen LogP contribution in [0.15, 0.2) is 26.7 Å². The van der Waals surface area contributed by atoms with Gasteiger partial charge >= 0.3 is 6.09 Å². The number of hydrogen-bond donors (Lipinski definition) is 1. The minimum Gasteiger partial charge on any atom is -0.465 e. The van der Waals surface area contributed by atoms with Crippen molar-refractivity contribution in [1.29, 1.82) is 0 Å². The molecule has 0 bridgehead atoms. The third-order valence-electron chi connectivity index (χ3n) is 4.61. The van der Waals surface area contributed by atoms with E-state index >= 15 is 0 Å². The molecule has 2 amide bonds. The average Bonchev–Trinajstić information content (AvgIpc) is 3.20. The molecular weight excluding hydrogens is 392 g/mol. The van der Waals surface area contributed by atoms with E-state index in [9.17, 15) is 9.59 Å². The fraction of sp³-hybridized carbons (Fsp3) is 0.400. The SMILES string of the molecule is CN(C(=O)O)[C@H]1CCN(C2=Nc3ncc(Br)cc3N3CC(=O)N=C23)C1. The summed E-state index contributed by atoms with van der Waals surface area (Å²) in [6.07, 6.45) is 1.40. The predicted octanol–water partition coefficient (Wildman–Crippen LogP) is 1.32. The van der Waals surface area contributed by atoms with Gasteiger partial charge in [0.15, 0.2) is 17.5 Å². The molecule has 25 heavy (non-hydrogen) atoms. The van der Waals surface area contributed by atoms with Crippen LogP contribution in [0.2, 0.25) is 0 Å². The number of anilines is 1. The number of hydrogen-bond acceptors (Lipinski definition) is 6. The number of aliphatic imine (C=N–C) groups is 2. The molecule has 10 heteroatoms. The van der Waals surface area contributed by atoms with Gasteiger partial charge in [0.05, 0.1) is 11.7 Å². The van der Waals surface area contributed by atoms with Crippen molar-refractivity contribution in [2.75, 3.05) is 31.6 Å². The fourth-order valence-corrected chi connectivity index (χ4v) is 3.59. The quantitative estimate of drug-likeness (QED) is 0.754. The molecule has 0 aromatic carbocycles. The van der Waals surface area contributed by atoms with Gasteiger partial charge in [-0.1, -0.05) is 0 Å². The summed E-state index contributed by atoms with van der Waals surface area (Å²) in [6, 6.07) is 1.74. The van der Waals surface area contributed by atoms with Crippen molar-refractivity contribution in [1.82, 2.24) is 14.8 Å². The largest absolute Gasteiger partial charge is 0.465 e. The third kappa shape index (κ3) is 2.66. The molecule has 4 heterocycles. The van der Waals surface area contributed by atoms with E-state index < -0.39 is 6.09 Å². The number of aromatic nitrogens is 1. The number of fused-ring (bicyclic) bond motifs is 3. The standard InChI is InChI=1S/C15H15BrN6O3/c1-20(15(24)25)9-2-3-21(6-9)13-14-18-11(23)7-22(14)10-4-8(16)5-17-12(10)19-13/h4-5,9H,2-3,6-7H2,1H3,(H,24,25)/t9-/m0/s1. The maximum absolute atomic E-state index is 11.9. The van der Waals surface area contributed by atoms with E-state index in [2.05, 4.69) is 30.9 Å². The number of amides is 2. The van der Waals surface area contributed by atoms with Crippen molar-refractivity contribution in [3.05, 3.63) is 16.7 Å². The lowest BCUT2D eigenvalue weighted by Crippen LogP contribution is -2.46. The van der Waals surface area contributed by atoms with Gasteiger partial charge in [-0.25, -0.2) is 14.8 Å². The summed E-state index contributed by atoms with van der Waals surface area (Å²) in [4.78, 5) is 41.2. The molecule has 0 saturated carbocycles. The van der Waals surface area contributed by atoms with Crippen LogP contribution in [0, 0.1) is 0 Å². The van der Waals surface area contributed by atoms with Crippen LogP contribution in [0.5, 0.6) is 0 Å². The summed E-state index contributed by atoms with van der Waals surface area (Å²) in [5.41, 5.74) is 0.737. The van der Waals surface area contributed by atoms with Gasteiger partial charge in [0.2, 0.25) is 0 Å². The molecule has 1 N–H and O–H groups in total. The number of halogens is 1. The van der Waals surface area contributed by atoms with E-state index in [1.807, 2.05) is 15.9 Å². The highest BCUT2D eigenvalue weighted by Gasteiger charge is 2.39. The number of nitrogens with zero attached hydrogens (tertiary/aromatic N) is 6. The Balaban J connectivity index is 1.69. The maximum Gasteiger partial charge on any atom is 0.407 e. The van der Waals surface area contributed by atoms with Gasteiger partial charge in [-0.2, -0.15) is 4.99 Å². The molecule has 1 aromatic rings. The monoisotopic (exact) mass is 406 g/mol. The number of rotatable bonds is 1. The molecule has 1 aromatic heterocycles. The number of carboxylic acid groups (broad SMARTS) is 1. The minimum atomic E-state index is -0.954. The smallest absolute Gasteiger partial charge is 0.407 e. The Labute approximate surface area is 151 Å². The molecule has 130 valence electrons. The zero-order valence-corrected chi connectivity index (χ0v) is 15.0. The third-order valence-corrected chi connectivity index (χ3v) is 5.04. The minimum absolute atomic E-state index is 0.120. The Kier molecular flexibility index (Phi) is 3.71. The molecule has 0 radical (unpaired) electrons. The Hall–Kier alpha value is -2.49. The highest BCUT2D eigenvalue weighted by Crippen LogP contribution is 2.36. The van der Waals surface area contributed by atoms with Crippen molar-refractivity contribution >= 4 is 51.1 Å². The van der Waals surface area contributed by atoms with E-state index in [-0.39, 0.29) is 18.5 Å². The van der Waals surface area contributed by atoms with Crippen LogP contribution in [0.25, 0.3) is 0 Å². The van der Waals surface area contributed by atoms with E-state index in [0.29, 0.717) is 37.0 Å². The topological polar surface area (TPSA) is 102 Å². The zero-order valence-electron chi connectivity index (χ0n) is 13.4. The predicted molar refractivity (Wildman–Crippen MR) is 94.6 cm³/mol. The highest BCUT2D eigenvalue weighted by molar-refractivity contribution is 9.10. The molecule has 0 spiro atoms. The number of carbonyl (C=O) groups excluding carboxylic acids is 1. The van der Waals surface area contributed by atoms with E-state index in [0.717, 1.165) is 10.2 Å². The van der Waals surface area contributed by atoms with Crippen molar-refractivity contribution in [3.63, 3.8) is 0 Å². The van der Waals surface area contributed by atoms with Gasteiger partial charge in [0.25, 0.3) is 5.91 Å². The van der Waals surface area contributed by atoms with E-state index in [4.69, 9.17) is 5.11 Å². The molecule has 0 unspecified atom stereocenters. The summed E-state index contributed by atoms with van der Waals surface area (Å²) in [7, 11) is 1.57. The first-order valence-electron chi connectivity index (χ1n) is 7.78. The maximum atomic E-state index is 11.9. The van der Waals surface area contributed by atoms with Gasteiger partial charge in [-0.3, -0.25) is 4.79 Å². The number of likely N-dealkylation sites (N-methyl/N-ethyl adjacent to an activating group) is 1. The zero-order chi connectivity index (χ0) is 17.7. The second-order valence-corrected chi connectivity index (χ2v) is 7.04.